The zero-order chi connectivity index (χ0) is 10.1. The van der Waals surface area contributed by atoms with Crippen molar-refractivity contribution in [3.63, 3.8) is 0 Å². The van der Waals surface area contributed by atoms with Crippen LogP contribution in [0.5, 0.6) is 0 Å². The number of rotatable bonds is 3. The van der Waals surface area contributed by atoms with Crippen molar-refractivity contribution in [1.29, 1.82) is 0 Å². The van der Waals surface area contributed by atoms with Crippen LogP contribution in [0.15, 0.2) is 28.7 Å². The second-order valence-electron chi connectivity index (χ2n) is 3.91. The van der Waals surface area contributed by atoms with Gasteiger partial charge in [0.1, 0.15) is 0 Å². The molecule has 2 rings (SSSR count). The van der Waals surface area contributed by atoms with Crippen molar-refractivity contribution >= 4 is 15.9 Å². The predicted molar refractivity (Wildman–Crippen MR) is 59.8 cm³/mol. The molecule has 3 heteroatoms. The summed E-state index contributed by atoms with van der Waals surface area (Å²) in [6.45, 7) is 0. The summed E-state index contributed by atoms with van der Waals surface area (Å²) in [6, 6.07) is 7.58. The van der Waals surface area contributed by atoms with Gasteiger partial charge in [0.2, 0.25) is 0 Å². The molecule has 76 valence electrons. The minimum Gasteiger partial charge on any atom is -0.391 e. The maximum absolute atomic E-state index is 9.86. The average molecular weight is 256 g/mol. The first-order valence-corrected chi connectivity index (χ1v) is 5.67. The fraction of sp³-hybridized carbons (Fsp3) is 0.455. The molecule has 2 nitrogen and oxygen atoms in total. The molecule has 3 N–H and O–H groups in total. The SMILES string of the molecule is NC(c1cccc(Br)c1)C(O)C1CC1. The van der Waals surface area contributed by atoms with Crippen LogP contribution in [0.2, 0.25) is 0 Å². The van der Waals surface area contributed by atoms with E-state index in [0.29, 0.717) is 5.92 Å². The molecule has 1 aliphatic rings. The lowest BCUT2D eigenvalue weighted by atomic mass is 9.99. The largest absolute Gasteiger partial charge is 0.391 e. The summed E-state index contributed by atoms with van der Waals surface area (Å²) >= 11 is 3.40. The first-order valence-electron chi connectivity index (χ1n) is 4.87. The Morgan fingerprint density at radius 3 is 2.71 bits per heavy atom. The van der Waals surface area contributed by atoms with Crippen molar-refractivity contribution < 1.29 is 5.11 Å². The highest BCUT2D eigenvalue weighted by Crippen LogP contribution is 2.37. The fourth-order valence-corrected chi connectivity index (χ4v) is 2.06. The number of aliphatic hydroxyl groups is 1. The maximum atomic E-state index is 9.86. The molecule has 0 spiro atoms. The molecule has 0 amide bonds. The quantitative estimate of drug-likeness (QED) is 0.871. The summed E-state index contributed by atoms with van der Waals surface area (Å²) < 4.78 is 1.01. The fourth-order valence-electron chi connectivity index (χ4n) is 1.64. The summed E-state index contributed by atoms with van der Waals surface area (Å²) in [5.41, 5.74) is 6.98. The van der Waals surface area contributed by atoms with Gasteiger partial charge >= 0.3 is 0 Å². The monoisotopic (exact) mass is 255 g/mol. The van der Waals surface area contributed by atoms with Gasteiger partial charge in [-0.15, -0.1) is 0 Å². The molecule has 0 bridgehead atoms. The van der Waals surface area contributed by atoms with E-state index in [9.17, 15) is 5.11 Å². The standard InChI is InChI=1S/C11H14BrNO/c12-9-3-1-2-8(6-9)10(13)11(14)7-4-5-7/h1-3,6-7,10-11,14H,4-5,13H2. The number of halogens is 1. The normalized spacial score (nSPS) is 20.5. The molecule has 1 saturated carbocycles. The highest BCUT2D eigenvalue weighted by Gasteiger charge is 2.34. The van der Waals surface area contributed by atoms with Crippen LogP contribution in [-0.4, -0.2) is 11.2 Å². The van der Waals surface area contributed by atoms with Crippen LogP contribution in [0.25, 0.3) is 0 Å². The molecule has 14 heavy (non-hydrogen) atoms. The van der Waals surface area contributed by atoms with Gasteiger partial charge in [-0.3, -0.25) is 0 Å². The van der Waals surface area contributed by atoms with Crippen LogP contribution in [0.4, 0.5) is 0 Å². The molecule has 1 aromatic rings. The van der Waals surface area contributed by atoms with Gasteiger partial charge in [-0.25, -0.2) is 0 Å². The zero-order valence-electron chi connectivity index (χ0n) is 7.86. The summed E-state index contributed by atoms with van der Waals surface area (Å²) in [6.07, 6.45) is 1.84. The first kappa shape index (κ1) is 10.1. The zero-order valence-corrected chi connectivity index (χ0v) is 9.44. The highest BCUT2D eigenvalue weighted by atomic mass is 79.9. The Hall–Kier alpha value is -0.380. The van der Waals surface area contributed by atoms with Crippen molar-refractivity contribution in [2.45, 2.75) is 25.0 Å². The number of aliphatic hydroxyl groups excluding tert-OH is 1. The Bertz CT molecular complexity index is 325. The van der Waals surface area contributed by atoms with Crippen molar-refractivity contribution in [2.75, 3.05) is 0 Å². The Balaban J connectivity index is 2.13. The second kappa shape index (κ2) is 4.01. The Kier molecular flexibility index (Phi) is 2.91. The van der Waals surface area contributed by atoms with E-state index in [1.807, 2.05) is 24.3 Å². The van der Waals surface area contributed by atoms with Gasteiger partial charge in [0.15, 0.2) is 0 Å². The number of benzene rings is 1. The molecule has 1 aliphatic carbocycles. The van der Waals surface area contributed by atoms with Gasteiger partial charge in [0.25, 0.3) is 0 Å². The Morgan fingerprint density at radius 1 is 1.43 bits per heavy atom. The first-order chi connectivity index (χ1) is 6.68. The lowest BCUT2D eigenvalue weighted by molar-refractivity contribution is 0.122. The molecule has 2 atom stereocenters. The van der Waals surface area contributed by atoms with Gasteiger partial charge in [-0.05, 0) is 36.5 Å². The van der Waals surface area contributed by atoms with Crippen molar-refractivity contribution in [1.82, 2.24) is 0 Å². The van der Waals surface area contributed by atoms with Crippen LogP contribution in [0.1, 0.15) is 24.4 Å². The van der Waals surface area contributed by atoms with Crippen LogP contribution in [0.3, 0.4) is 0 Å². The molecule has 0 saturated heterocycles. The van der Waals surface area contributed by atoms with Crippen LogP contribution in [0, 0.1) is 5.92 Å². The molecule has 0 heterocycles. The second-order valence-corrected chi connectivity index (χ2v) is 4.82. The summed E-state index contributed by atoms with van der Waals surface area (Å²) in [7, 11) is 0. The van der Waals surface area contributed by atoms with Crippen molar-refractivity contribution in [3.8, 4) is 0 Å². The average Bonchev–Trinajstić information content (AvgIpc) is 2.99. The molecule has 0 aliphatic heterocycles. The van der Waals surface area contributed by atoms with Crippen molar-refractivity contribution in [2.24, 2.45) is 11.7 Å². The lowest BCUT2D eigenvalue weighted by Crippen LogP contribution is -2.27. The summed E-state index contributed by atoms with van der Waals surface area (Å²) in [5.74, 6) is 0.420. The van der Waals surface area contributed by atoms with E-state index in [-0.39, 0.29) is 12.1 Å². The van der Waals surface area contributed by atoms with Gasteiger partial charge < -0.3 is 10.8 Å². The van der Waals surface area contributed by atoms with E-state index in [4.69, 9.17) is 5.73 Å². The highest BCUT2D eigenvalue weighted by molar-refractivity contribution is 9.10. The summed E-state index contributed by atoms with van der Waals surface area (Å²) in [5, 5.41) is 9.86. The molecule has 0 radical (unpaired) electrons. The van der Waals surface area contributed by atoms with Crippen LogP contribution in [-0.2, 0) is 0 Å². The lowest BCUT2D eigenvalue weighted by Gasteiger charge is -2.18. The third kappa shape index (κ3) is 2.16. The van der Waals surface area contributed by atoms with E-state index in [0.717, 1.165) is 22.9 Å². The molecular weight excluding hydrogens is 242 g/mol. The van der Waals surface area contributed by atoms with Gasteiger partial charge in [-0.2, -0.15) is 0 Å². The topological polar surface area (TPSA) is 46.2 Å². The van der Waals surface area contributed by atoms with E-state index in [2.05, 4.69) is 15.9 Å². The van der Waals surface area contributed by atoms with E-state index < -0.39 is 0 Å². The molecule has 1 aromatic carbocycles. The third-order valence-corrected chi connectivity index (χ3v) is 3.20. The molecular formula is C11H14BrNO. The molecule has 1 fully saturated rings. The number of hydrogen-bond donors (Lipinski definition) is 2. The van der Waals surface area contributed by atoms with Gasteiger partial charge in [-0.1, -0.05) is 28.1 Å². The maximum Gasteiger partial charge on any atom is 0.0760 e. The third-order valence-electron chi connectivity index (χ3n) is 2.71. The Labute approximate surface area is 92.3 Å². The predicted octanol–water partition coefficient (Wildman–Crippen LogP) is 2.22. The van der Waals surface area contributed by atoms with E-state index in [1.54, 1.807) is 0 Å². The van der Waals surface area contributed by atoms with E-state index >= 15 is 0 Å². The number of nitrogens with two attached hydrogens (primary N) is 1. The minimum atomic E-state index is -0.385. The minimum absolute atomic E-state index is 0.250. The van der Waals surface area contributed by atoms with Gasteiger partial charge in [0.05, 0.1) is 12.1 Å². The van der Waals surface area contributed by atoms with Crippen molar-refractivity contribution in [3.05, 3.63) is 34.3 Å². The van der Waals surface area contributed by atoms with Gasteiger partial charge in [0, 0.05) is 4.47 Å². The van der Waals surface area contributed by atoms with Crippen LogP contribution < -0.4 is 5.73 Å². The van der Waals surface area contributed by atoms with Crippen LogP contribution >= 0.6 is 15.9 Å². The molecule has 0 aromatic heterocycles. The summed E-state index contributed by atoms with van der Waals surface area (Å²) in [4.78, 5) is 0. The smallest absolute Gasteiger partial charge is 0.0760 e. The molecule has 2 unspecified atom stereocenters. The number of hydrogen-bond acceptors (Lipinski definition) is 2. The Morgan fingerprint density at radius 2 is 2.14 bits per heavy atom. The van der Waals surface area contributed by atoms with E-state index in [1.165, 1.54) is 0 Å².